The summed E-state index contributed by atoms with van der Waals surface area (Å²) in [5.41, 5.74) is 5.14. The van der Waals surface area contributed by atoms with Gasteiger partial charge in [-0.15, -0.1) is 0 Å². The molecule has 0 rings (SSSR count). The average Bonchev–Trinajstić information content (AvgIpc) is 2.10. The third-order valence-corrected chi connectivity index (χ3v) is 1.38. The molecule has 0 aliphatic carbocycles. The number of carboxylic acid groups (broad SMARTS) is 1. The van der Waals surface area contributed by atoms with Gasteiger partial charge in [-0.2, -0.15) is 0 Å². The van der Waals surface area contributed by atoms with E-state index in [4.69, 9.17) is 10.8 Å². The molecule has 0 saturated carbocycles. The van der Waals surface area contributed by atoms with E-state index in [9.17, 15) is 14.4 Å². The van der Waals surface area contributed by atoms with Crippen molar-refractivity contribution in [1.29, 1.82) is 0 Å². The van der Waals surface area contributed by atoms with Gasteiger partial charge in [0.15, 0.2) is 0 Å². The smallest absolute Gasteiger partial charge is 0.320 e. The van der Waals surface area contributed by atoms with Gasteiger partial charge in [0.25, 0.3) is 0 Å². The zero-order chi connectivity index (χ0) is 10.3. The average molecular weight is 188 g/mol. The Morgan fingerprint density at radius 1 is 1.54 bits per heavy atom. The first kappa shape index (κ1) is 11.6. The van der Waals surface area contributed by atoms with Crippen LogP contribution in [0.25, 0.3) is 0 Å². The van der Waals surface area contributed by atoms with Gasteiger partial charge in [-0.1, -0.05) is 0 Å². The van der Waals surface area contributed by atoms with Crippen LogP contribution in [0.5, 0.6) is 0 Å². The van der Waals surface area contributed by atoms with Crippen molar-refractivity contribution in [2.24, 2.45) is 5.73 Å². The topological polar surface area (TPSA) is 109 Å². The van der Waals surface area contributed by atoms with E-state index < -0.39 is 12.0 Å². The number of aldehydes is 1. The maximum absolute atomic E-state index is 10.8. The maximum Gasteiger partial charge on any atom is 0.320 e. The molecule has 1 atom stereocenters. The highest BCUT2D eigenvalue weighted by molar-refractivity contribution is 5.79. The first-order valence-corrected chi connectivity index (χ1v) is 3.76. The molecule has 0 saturated heterocycles. The Kier molecular flexibility index (Phi) is 5.45. The Morgan fingerprint density at radius 2 is 2.15 bits per heavy atom. The fraction of sp³-hybridized carbons (Fsp3) is 0.571. The Hall–Kier alpha value is -1.43. The minimum absolute atomic E-state index is 0.0152. The van der Waals surface area contributed by atoms with E-state index in [2.05, 4.69) is 5.32 Å². The van der Waals surface area contributed by atoms with Crippen molar-refractivity contribution in [3.05, 3.63) is 0 Å². The van der Waals surface area contributed by atoms with Gasteiger partial charge in [0.1, 0.15) is 12.3 Å². The van der Waals surface area contributed by atoms with Crippen LogP contribution < -0.4 is 11.1 Å². The Balaban J connectivity index is 3.57. The van der Waals surface area contributed by atoms with Crippen molar-refractivity contribution >= 4 is 18.2 Å². The van der Waals surface area contributed by atoms with Gasteiger partial charge in [-0.05, 0) is 6.42 Å². The lowest BCUT2D eigenvalue weighted by molar-refractivity contribution is -0.138. The van der Waals surface area contributed by atoms with Gasteiger partial charge in [-0.3, -0.25) is 9.59 Å². The molecule has 0 aromatic carbocycles. The molecule has 13 heavy (non-hydrogen) atoms. The van der Waals surface area contributed by atoms with E-state index in [1.54, 1.807) is 0 Å². The van der Waals surface area contributed by atoms with E-state index in [1.807, 2.05) is 0 Å². The van der Waals surface area contributed by atoms with E-state index in [0.717, 1.165) is 0 Å². The van der Waals surface area contributed by atoms with Gasteiger partial charge < -0.3 is 21.0 Å². The summed E-state index contributed by atoms with van der Waals surface area (Å²) in [7, 11) is 0. The zero-order valence-electron chi connectivity index (χ0n) is 7.03. The second-order valence-electron chi connectivity index (χ2n) is 2.45. The molecule has 6 heteroatoms. The molecule has 0 radical (unpaired) electrons. The molecule has 0 spiro atoms. The summed E-state index contributed by atoms with van der Waals surface area (Å²) in [4.78, 5) is 30.8. The summed E-state index contributed by atoms with van der Waals surface area (Å²) in [6.45, 7) is -0.0544. The fourth-order valence-electron chi connectivity index (χ4n) is 0.654. The number of hydrogen-bond donors (Lipinski definition) is 3. The normalized spacial score (nSPS) is 11.8. The monoisotopic (exact) mass is 188 g/mol. The molecule has 74 valence electrons. The molecule has 0 fully saturated rings. The minimum Gasteiger partial charge on any atom is -0.480 e. The standard InChI is InChI=1S/C7H12N2O4/c8-5(7(12)13)1-2-6(11)9-3-4-10/h4-5H,1-3,8H2,(H,9,11)(H,12,13)/t5-/m0/s1. The lowest BCUT2D eigenvalue weighted by Gasteiger charge is -2.04. The van der Waals surface area contributed by atoms with E-state index >= 15 is 0 Å². The number of hydrogen-bond acceptors (Lipinski definition) is 4. The lowest BCUT2D eigenvalue weighted by Crippen LogP contribution is -2.33. The van der Waals surface area contributed by atoms with Crippen LogP contribution in [0.4, 0.5) is 0 Å². The summed E-state index contributed by atoms with van der Waals surface area (Å²) in [6.07, 6.45) is 0.635. The zero-order valence-corrected chi connectivity index (χ0v) is 7.03. The lowest BCUT2D eigenvalue weighted by atomic mass is 10.1. The van der Waals surface area contributed by atoms with Crippen LogP contribution in [0.3, 0.4) is 0 Å². The molecule has 6 nitrogen and oxygen atoms in total. The third kappa shape index (κ3) is 5.80. The quantitative estimate of drug-likeness (QED) is 0.439. The third-order valence-electron chi connectivity index (χ3n) is 1.38. The number of nitrogens with two attached hydrogens (primary N) is 1. The molecule has 0 bridgehead atoms. The maximum atomic E-state index is 10.8. The summed E-state index contributed by atoms with van der Waals surface area (Å²) in [6, 6.07) is -1.03. The Bertz CT molecular complexity index is 205. The van der Waals surface area contributed by atoms with Gasteiger partial charge in [-0.25, -0.2) is 0 Å². The van der Waals surface area contributed by atoms with E-state index in [1.165, 1.54) is 0 Å². The largest absolute Gasteiger partial charge is 0.480 e. The van der Waals surface area contributed by atoms with Crippen LogP contribution in [-0.2, 0) is 14.4 Å². The fourth-order valence-corrected chi connectivity index (χ4v) is 0.654. The number of carboxylic acids is 1. The Morgan fingerprint density at radius 3 is 2.62 bits per heavy atom. The van der Waals surface area contributed by atoms with Crippen LogP contribution >= 0.6 is 0 Å². The number of rotatable bonds is 6. The van der Waals surface area contributed by atoms with Crippen molar-refractivity contribution in [3.8, 4) is 0 Å². The predicted octanol–water partition coefficient (Wildman–Crippen LogP) is -1.51. The van der Waals surface area contributed by atoms with Crippen molar-refractivity contribution in [2.75, 3.05) is 6.54 Å². The van der Waals surface area contributed by atoms with Crippen LogP contribution in [0.1, 0.15) is 12.8 Å². The van der Waals surface area contributed by atoms with Gasteiger partial charge >= 0.3 is 5.97 Å². The van der Waals surface area contributed by atoms with Gasteiger partial charge in [0.2, 0.25) is 5.91 Å². The van der Waals surface area contributed by atoms with Crippen LogP contribution in [-0.4, -0.2) is 35.9 Å². The molecule has 0 unspecified atom stereocenters. The van der Waals surface area contributed by atoms with Crippen molar-refractivity contribution < 1.29 is 19.5 Å². The molecule has 0 aliphatic rings. The second kappa shape index (κ2) is 6.13. The Labute approximate surface area is 75.1 Å². The van der Waals surface area contributed by atoms with Gasteiger partial charge in [0.05, 0.1) is 6.54 Å². The number of nitrogens with one attached hydrogen (secondary N) is 1. The summed E-state index contributed by atoms with van der Waals surface area (Å²) in [5, 5.41) is 10.6. The number of carbonyl (C=O) groups is 3. The highest BCUT2D eigenvalue weighted by atomic mass is 16.4. The minimum atomic E-state index is -1.14. The van der Waals surface area contributed by atoms with Crippen LogP contribution in [0, 0.1) is 0 Å². The molecule has 0 heterocycles. The molecule has 0 aliphatic heterocycles. The van der Waals surface area contributed by atoms with Crippen LogP contribution in [0.2, 0.25) is 0 Å². The van der Waals surface area contributed by atoms with E-state index in [-0.39, 0.29) is 25.3 Å². The first-order chi connectivity index (χ1) is 6.07. The summed E-state index contributed by atoms with van der Waals surface area (Å²) >= 11 is 0. The predicted molar refractivity (Wildman–Crippen MR) is 43.9 cm³/mol. The summed E-state index contributed by atoms with van der Waals surface area (Å²) in [5.74, 6) is -1.51. The molecule has 0 aromatic heterocycles. The van der Waals surface area contributed by atoms with Crippen molar-refractivity contribution in [1.82, 2.24) is 5.32 Å². The second-order valence-corrected chi connectivity index (χ2v) is 2.45. The summed E-state index contributed by atoms with van der Waals surface area (Å²) < 4.78 is 0. The van der Waals surface area contributed by atoms with Crippen LogP contribution in [0.15, 0.2) is 0 Å². The van der Waals surface area contributed by atoms with Gasteiger partial charge in [0, 0.05) is 6.42 Å². The number of carbonyl (C=O) groups excluding carboxylic acids is 2. The van der Waals surface area contributed by atoms with E-state index in [0.29, 0.717) is 6.29 Å². The molecular weight excluding hydrogens is 176 g/mol. The molecule has 4 N–H and O–H groups in total. The number of aliphatic carboxylic acids is 1. The molecular formula is C7H12N2O4. The first-order valence-electron chi connectivity index (χ1n) is 3.76. The molecule has 1 amide bonds. The van der Waals surface area contributed by atoms with Crippen molar-refractivity contribution in [3.63, 3.8) is 0 Å². The SMILES string of the molecule is N[C@@H](CCC(=O)NCC=O)C(=O)O. The highest BCUT2D eigenvalue weighted by Gasteiger charge is 2.12. The molecule has 0 aromatic rings. The van der Waals surface area contributed by atoms with Crippen molar-refractivity contribution in [2.45, 2.75) is 18.9 Å². The highest BCUT2D eigenvalue weighted by Crippen LogP contribution is 1.93. The number of amides is 1.